The summed E-state index contributed by atoms with van der Waals surface area (Å²) in [4.78, 5) is 0. The Morgan fingerprint density at radius 2 is 1.88 bits per heavy atom. The van der Waals surface area contributed by atoms with E-state index >= 15 is 0 Å². The summed E-state index contributed by atoms with van der Waals surface area (Å²) >= 11 is 0. The molecule has 0 spiro atoms. The lowest BCUT2D eigenvalue weighted by atomic mass is 9.58. The number of aliphatic hydroxyl groups is 1. The van der Waals surface area contributed by atoms with Gasteiger partial charge in [-0.2, -0.15) is 0 Å². The van der Waals surface area contributed by atoms with Crippen molar-refractivity contribution < 1.29 is 5.11 Å². The van der Waals surface area contributed by atoms with E-state index in [1.54, 1.807) is 0 Å². The zero-order valence-corrected chi connectivity index (χ0v) is 11.0. The first-order valence-electron chi connectivity index (χ1n) is 7.46. The van der Waals surface area contributed by atoms with Crippen molar-refractivity contribution in [3.8, 4) is 0 Å². The van der Waals surface area contributed by atoms with Crippen molar-refractivity contribution in [2.45, 2.75) is 33.1 Å². The first-order valence-corrected chi connectivity index (χ1v) is 7.46. The lowest BCUT2D eigenvalue weighted by molar-refractivity contribution is -0.0271. The van der Waals surface area contributed by atoms with Crippen molar-refractivity contribution in [1.29, 1.82) is 0 Å². The Balaban J connectivity index is 1.73. The fourth-order valence-corrected chi connectivity index (χ4v) is 6.27. The molecule has 4 aliphatic rings. The molecule has 3 fully saturated rings. The summed E-state index contributed by atoms with van der Waals surface area (Å²) in [5.41, 5.74) is 0.268. The van der Waals surface area contributed by atoms with E-state index in [4.69, 9.17) is 0 Å². The third kappa shape index (κ3) is 1.06. The van der Waals surface area contributed by atoms with Crippen molar-refractivity contribution in [2.24, 2.45) is 46.8 Å². The van der Waals surface area contributed by atoms with Crippen molar-refractivity contribution >= 4 is 0 Å². The highest BCUT2D eigenvalue weighted by Gasteiger charge is 2.66. The summed E-state index contributed by atoms with van der Waals surface area (Å²) < 4.78 is 0. The van der Waals surface area contributed by atoms with Crippen LogP contribution in [0.15, 0.2) is 12.2 Å². The van der Waals surface area contributed by atoms with Gasteiger partial charge in [-0.15, -0.1) is 0 Å². The van der Waals surface area contributed by atoms with Crippen LogP contribution in [0.4, 0.5) is 0 Å². The summed E-state index contributed by atoms with van der Waals surface area (Å²) in [6, 6.07) is 0. The number of hydrogen-bond acceptors (Lipinski definition) is 1. The first-order chi connectivity index (χ1) is 8.17. The van der Waals surface area contributed by atoms with Gasteiger partial charge in [0, 0.05) is 6.61 Å². The van der Waals surface area contributed by atoms with Crippen LogP contribution in [0.25, 0.3) is 0 Å². The number of allylic oxidation sites excluding steroid dienone is 2. The molecule has 4 bridgehead atoms. The highest BCUT2D eigenvalue weighted by Crippen LogP contribution is 2.71. The van der Waals surface area contributed by atoms with Crippen molar-refractivity contribution in [2.75, 3.05) is 6.61 Å². The second-order valence-corrected chi connectivity index (χ2v) is 7.46. The standard InChI is InChI=1S/C16H24O/c1-9(2)16(8-17)7-12-6-13(16)15-11-4-3-10(5-11)14(12)15/h3-4,9-15,17H,5-8H2,1-2H3. The second kappa shape index (κ2) is 3.17. The zero-order chi connectivity index (χ0) is 11.8. The minimum Gasteiger partial charge on any atom is -0.396 e. The van der Waals surface area contributed by atoms with E-state index in [2.05, 4.69) is 26.0 Å². The van der Waals surface area contributed by atoms with Crippen LogP contribution in [0, 0.1) is 46.8 Å². The summed E-state index contributed by atoms with van der Waals surface area (Å²) in [6.45, 7) is 5.08. The molecule has 0 aromatic rings. The predicted octanol–water partition coefficient (Wildman–Crippen LogP) is 3.10. The van der Waals surface area contributed by atoms with Gasteiger partial charge in [0.1, 0.15) is 0 Å². The Bertz CT molecular complexity index is 372. The van der Waals surface area contributed by atoms with Crippen molar-refractivity contribution in [3.63, 3.8) is 0 Å². The third-order valence-electron chi connectivity index (χ3n) is 6.97. The summed E-state index contributed by atoms with van der Waals surface area (Å²) in [7, 11) is 0. The average Bonchev–Trinajstić information content (AvgIpc) is 3.05. The largest absolute Gasteiger partial charge is 0.396 e. The SMILES string of the molecule is CC(C)C1(CO)CC2CC1C1C3C=CC(C3)C21. The van der Waals surface area contributed by atoms with Crippen LogP contribution in [0.3, 0.4) is 0 Å². The molecule has 0 heterocycles. The Morgan fingerprint density at radius 3 is 2.53 bits per heavy atom. The molecule has 1 nitrogen and oxygen atoms in total. The highest BCUT2D eigenvalue weighted by atomic mass is 16.3. The predicted molar refractivity (Wildman–Crippen MR) is 68.3 cm³/mol. The molecular weight excluding hydrogens is 208 g/mol. The Hall–Kier alpha value is -0.300. The average molecular weight is 232 g/mol. The molecule has 0 aromatic carbocycles. The maximum Gasteiger partial charge on any atom is 0.0492 e. The molecule has 17 heavy (non-hydrogen) atoms. The van der Waals surface area contributed by atoms with Crippen LogP contribution in [0.1, 0.15) is 33.1 Å². The van der Waals surface area contributed by atoms with Crippen LogP contribution in [0.5, 0.6) is 0 Å². The molecule has 7 unspecified atom stereocenters. The molecule has 94 valence electrons. The molecule has 0 radical (unpaired) electrons. The topological polar surface area (TPSA) is 20.2 Å². The van der Waals surface area contributed by atoms with E-state index in [-0.39, 0.29) is 5.41 Å². The number of rotatable bonds is 2. The Labute approximate surface area is 104 Å². The van der Waals surface area contributed by atoms with Gasteiger partial charge in [-0.25, -0.2) is 0 Å². The van der Waals surface area contributed by atoms with Crippen LogP contribution in [-0.4, -0.2) is 11.7 Å². The van der Waals surface area contributed by atoms with Gasteiger partial charge < -0.3 is 5.11 Å². The lowest BCUT2D eigenvalue weighted by Crippen LogP contribution is -2.44. The van der Waals surface area contributed by atoms with E-state index in [9.17, 15) is 5.11 Å². The van der Waals surface area contributed by atoms with Gasteiger partial charge in [-0.1, -0.05) is 26.0 Å². The van der Waals surface area contributed by atoms with E-state index < -0.39 is 0 Å². The molecule has 4 aliphatic carbocycles. The fourth-order valence-electron chi connectivity index (χ4n) is 6.27. The number of hydrogen-bond donors (Lipinski definition) is 1. The van der Waals surface area contributed by atoms with Crippen LogP contribution < -0.4 is 0 Å². The normalized spacial score (nSPS) is 58.4. The third-order valence-corrected chi connectivity index (χ3v) is 6.97. The zero-order valence-electron chi connectivity index (χ0n) is 11.0. The van der Waals surface area contributed by atoms with E-state index in [0.717, 1.165) is 35.5 Å². The van der Waals surface area contributed by atoms with Crippen molar-refractivity contribution in [3.05, 3.63) is 12.2 Å². The van der Waals surface area contributed by atoms with Gasteiger partial charge in [0.2, 0.25) is 0 Å². The van der Waals surface area contributed by atoms with Gasteiger partial charge in [0.15, 0.2) is 0 Å². The molecule has 4 rings (SSSR count). The quantitative estimate of drug-likeness (QED) is 0.573. The maximum atomic E-state index is 9.98. The number of fused-ring (bicyclic) bond motifs is 9. The fraction of sp³-hybridized carbons (Fsp3) is 0.875. The summed E-state index contributed by atoms with van der Waals surface area (Å²) in [5.74, 6) is 6.09. The van der Waals surface area contributed by atoms with Gasteiger partial charge in [0.25, 0.3) is 0 Å². The minimum atomic E-state index is 0.268. The first kappa shape index (κ1) is 10.6. The molecule has 1 N–H and O–H groups in total. The lowest BCUT2D eigenvalue weighted by Gasteiger charge is -2.47. The Kier molecular flexibility index (Phi) is 1.98. The van der Waals surface area contributed by atoms with Gasteiger partial charge in [0.05, 0.1) is 0 Å². The molecule has 0 amide bonds. The highest BCUT2D eigenvalue weighted by molar-refractivity contribution is 5.23. The monoisotopic (exact) mass is 232 g/mol. The molecule has 0 aliphatic heterocycles. The molecular formula is C16H24O. The maximum absolute atomic E-state index is 9.98. The van der Waals surface area contributed by atoms with Gasteiger partial charge >= 0.3 is 0 Å². The molecule has 1 heteroatoms. The molecule has 3 saturated carbocycles. The van der Waals surface area contributed by atoms with E-state index in [0.29, 0.717) is 12.5 Å². The van der Waals surface area contributed by atoms with Crippen molar-refractivity contribution in [1.82, 2.24) is 0 Å². The molecule has 7 atom stereocenters. The Morgan fingerprint density at radius 1 is 1.18 bits per heavy atom. The molecule has 0 saturated heterocycles. The number of aliphatic hydroxyl groups excluding tert-OH is 1. The minimum absolute atomic E-state index is 0.268. The van der Waals surface area contributed by atoms with Gasteiger partial charge in [-0.05, 0) is 66.1 Å². The van der Waals surface area contributed by atoms with Crippen LogP contribution in [0.2, 0.25) is 0 Å². The van der Waals surface area contributed by atoms with E-state index in [1.807, 2.05) is 0 Å². The van der Waals surface area contributed by atoms with Gasteiger partial charge in [-0.3, -0.25) is 0 Å². The summed E-state index contributed by atoms with van der Waals surface area (Å²) in [6.07, 6.45) is 9.16. The second-order valence-electron chi connectivity index (χ2n) is 7.46. The smallest absolute Gasteiger partial charge is 0.0492 e. The summed E-state index contributed by atoms with van der Waals surface area (Å²) in [5, 5.41) is 9.98. The molecule has 0 aromatic heterocycles. The van der Waals surface area contributed by atoms with Crippen LogP contribution >= 0.6 is 0 Å². The van der Waals surface area contributed by atoms with E-state index in [1.165, 1.54) is 19.3 Å². The van der Waals surface area contributed by atoms with Crippen LogP contribution in [-0.2, 0) is 0 Å².